The molecule has 0 N–H and O–H groups in total. The van der Waals surface area contributed by atoms with Gasteiger partial charge in [0.05, 0.1) is 0 Å². The van der Waals surface area contributed by atoms with Crippen molar-refractivity contribution < 1.29 is 0 Å². The molecule has 0 unspecified atom stereocenters. The average molecular weight is 270 g/mol. The molecule has 0 aliphatic heterocycles. The van der Waals surface area contributed by atoms with Crippen molar-refractivity contribution in [2.75, 3.05) is 0 Å². The molecule has 0 bridgehead atoms. The Morgan fingerprint density at radius 1 is 0.750 bits per heavy atom. The van der Waals surface area contributed by atoms with E-state index in [1.54, 1.807) is 0 Å². The number of hydrogen-bond acceptors (Lipinski definition) is 1. The summed E-state index contributed by atoms with van der Waals surface area (Å²) < 4.78 is 2.56. The molecule has 1 heterocycles. The fraction of sp³-hybridized carbons (Fsp3) is 0. The highest BCUT2D eigenvalue weighted by Gasteiger charge is 2.10. The second kappa shape index (κ2) is 4.50. The minimum atomic E-state index is 0.860. The molecule has 4 rings (SSSR count). The van der Waals surface area contributed by atoms with Crippen LogP contribution in [0.3, 0.4) is 0 Å². The molecule has 2 radical (unpaired) electrons. The molecule has 0 spiro atoms. The molecule has 20 heavy (non-hydrogen) atoms. The van der Waals surface area contributed by atoms with E-state index in [0.29, 0.717) is 0 Å². The zero-order valence-electron chi connectivity index (χ0n) is 10.8. The molecule has 0 nitrogen and oxygen atoms in total. The van der Waals surface area contributed by atoms with E-state index < -0.39 is 0 Å². The maximum atomic E-state index is 6.16. The molecular formula is C18H11BS. The van der Waals surface area contributed by atoms with Gasteiger partial charge in [0.1, 0.15) is 7.85 Å². The first-order valence-electron chi connectivity index (χ1n) is 6.60. The van der Waals surface area contributed by atoms with Gasteiger partial charge in [0.15, 0.2) is 0 Å². The van der Waals surface area contributed by atoms with Gasteiger partial charge in [0.2, 0.25) is 0 Å². The summed E-state index contributed by atoms with van der Waals surface area (Å²) in [5, 5.41) is 2.44. The van der Waals surface area contributed by atoms with Gasteiger partial charge in [-0.25, -0.2) is 0 Å². The largest absolute Gasteiger partial charge is 0.135 e. The van der Waals surface area contributed by atoms with E-state index in [0.717, 1.165) is 5.46 Å². The lowest BCUT2D eigenvalue weighted by molar-refractivity contribution is 1.67. The summed E-state index contributed by atoms with van der Waals surface area (Å²) in [7, 11) is 6.16. The lowest BCUT2D eigenvalue weighted by atomic mass is 9.90. The summed E-state index contributed by atoms with van der Waals surface area (Å²) >= 11 is 1.82. The molecule has 1 aromatic heterocycles. The Labute approximate surface area is 123 Å². The summed E-state index contributed by atoms with van der Waals surface area (Å²) in [6, 6.07) is 23.1. The Morgan fingerprint density at radius 3 is 2.40 bits per heavy atom. The van der Waals surface area contributed by atoms with Gasteiger partial charge in [-0.15, -0.1) is 11.3 Å². The van der Waals surface area contributed by atoms with Crippen LogP contribution >= 0.6 is 11.3 Å². The summed E-state index contributed by atoms with van der Waals surface area (Å²) in [4.78, 5) is 0. The van der Waals surface area contributed by atoms with Crippen LogP contribution < -0.4 is 5.46 Å². The Morgan fingerprint density at radius 2 is 1.55 bits per heavy atom. The molecule has 4 aromatic rings. The lowest BCUT2D eigenvalue weighted by Crippen LogP contribution is -2.00. The van der Waals surface area contributed by atoms with E-state index >= 15 is 0 Å². The Bertz CT molecular complexity index is 907. The molecule has 3 aromatic carbocycles. The predicted octanol–water partition coefficient (Wildman–Crippen LogP) is 4.52. The van der Waals surface area contributed by atoms with E-state index in [1.165, 1.54) is 31.3 Å². The SMILES string of the molecule is [B]c1cccc2sc3c(-c4ccccc4)cccc3c12. The van der Waals surface area contributed by atoms with Gasteiger partial charge in [-0.2, -0.15) is 0 Å². The predicted molar refractivity (Wildman–Crippen MR) is 90.2 cm³/mol. The van der Waals surface area contributed by atoms with Crippen molar-refractivity contribution in [2.45, 2.75) is 0 Å². The highest BCUT2D eigenvalue weighted by atomic mass is 32.1. The van der Waals surface area contributed by atoms with Crippen molar-refractivity contribution in [3.05, 3.63) is 66.7 Å². The molecule has 0 aliphatic carbocycles. The van der Waals surface area contributed by atoms with Crippen LogP contribution in [0.1, 0.15) is 0 Å². The first kappa shape index (κ1) is 11.7. The molecule has 0 amide bonds. The van der Waals surface area contributed by atoms with Crippen LogP contribution in [0.2, 0.25) is 0 Å². The third kappa shape index (κ3) is 1.69. The van der Waals surface area contributed by atoms with E-state index in [-0.39, 0.29) is 0 Å². The van der Waals surface area contributed by atoms with Crippen LogP contribution in [0.5, 0.6) is 0 Å². The van der Waals surface area contributed by atoms with Gasteiger partial charge in [0, 0.05) is 14.8 Å². The van der Waals surface area contributed by atoms with E-state index in [1.807, 2.05) is 29.5 Å². The molecule has 0 saturated heterocycles. The van der Waals surface area contributed by atoms with Gasteiger partial charge in [-0.3, -0.25) is 0 Å². The number of thiophene rings is 1. The number of hydrogen-bond donors (Lipinski definition) is 0. The third-order valence-corrected chi connectivity index (χ3v) is 4.84. The van der Waals surface area contributed by atoms with Gasteiger partial charge in [0.25, 0.3) is 0 Å². The van der Waals surface area contributed by atoms with Crippen LogP contribution in [-0.2, 0) is 0 Å². The lowest BCUT2D eigenvalue weighted by Gasteiger charge is -2.03. The maximum absolute atomic E-state index is 6.16. The fourth-order valence-corrected chi connectivity index (χ4v) is 3.99. The third-order valence-electron chi connectivity index (χ3n) is 3.64. The quantitative estimate of drug-likeness (QED) is 0.446. The monoisotopic (exact) mass is 270 g/mol. The van der Waals surface area contributed by atoms with Crippen molar-refractivity contribution in [1.82, 2.24) is 0 Å². The van der Waals surface area contributed by atoms with Crippen LogP contribution in [0.15, 0.2) is 66.7 Å². The number of fused-ring (bicyclic) bond motifs is 3. The summed E-state index contributed by atoms with van der Waals surface area (Å²) in [6.45, 7) is 0. The van der Waals surface area contributed by atoms with Crippen LogP contribution in [0.4, 0.5) is 0 Å². The van der Waals surface area contributed by atoms with Crippen LogP contribution in [-0.4, -0.2) is 7.85 Å². The van der Waals surface area contributed by atoms with Crippen molar-refractivity contribution in [1.29, 1.82) is 0 Å². The molecule has 0 atom stereocenters. The van der Waals surface area contributed by atoms with Crippen molar-refractivity contribution >= 4 is 44.8 Å². The van der Waals surface area contributed by atoms with E-state index in [9.17, 15) is 0 Å². The molecule has 0 fully saturated rings. The van der Waals surface area contributed by atoms with Gasteiger partial charge in [-0.1, -0.05) is 66.1 Å². The number of benzene rings is 3. The van der Waals surface area contributed by atoms with Crippen LogP contribution in [0.25, 0.3) is 31.3 Å². The standard InChI is InChI=1S/C18H11BS/c19-15-10-5-11-16-17(15)14-9-4-8-13(18(14)20-16)12-6-2-1-3-7-12/h1-11H. The zero-order valence-corrected chi connectivity index (χ0v) is 11.7. The first-order valence-corrected chi connectivity index (χ1v) is 7.41. The minimum absolute atomic E-state index is 0.860. The van der Waals surface area contributed by atoms with E-state index in [2.05, 4.69) is 48.5 Å². The zero-order chi connectivity index (χ0) is 13.5. The highest BCUT2D eigenvalue weighted by Crippen LogP contribution is 2.38. The average Bonchev–Trinajstić information content (AvgIpc) is 2.88. The topological polar surface area (TPSA) is 0 Å². The van der Waals surface area contributed by atoms with Crippen molar-refractivity contribution in [3.8, 4) is 11.1 Å². The second-order valence-corrected chi connectivity index (χ2v) is 5.92. The van der Waals surface area contributed by atoms with Crippen LogP contribution in [0, 0.1) is 0 Å². The molecule has 2 heteroatoms. The normalized spacial score (nSPS) is 11.2. The first-order chi connectivity index (χ1) is 9.84. The minimum Gasteiger partial charge on any atom is -0.135 e. The Hall–Kier alpha value is -2.06. The Balaban J connectivity index is 2.14. The van der Waals surface area contributed by atoms with Crippen molar-refractivity contribution in [2.24, 2.45) is 0 Å². The fourth-order valence-electron chi connectivity index (χ4n) is 2.72. The Kier molecular flexibility index (Phi) is 2.64. The van der Waals surface area contributed by atoms with Gasteiger partial charge in [-0.05, 0) is 22.6 Å². The maximum Gasteiger partial charge on any atom is 0.114 e. The summed E-state index contributed by atoms with van der Waals surface area (Å²) in [5.41, 5.74) is 3.39. The molecule has 0 aliphatic rings. The molecule has 0 saturated carbocycles. The smallest absolute Gasteiger partial charge is 0.114 e. The van der Waals surface area contributed by atoms with Crippen molar-refractivity contribution in [3.63, 3.8) is 0 Å². The van der Waals surface area contributed by atoms with Gasteiger partial charge < -0.3 is 0 Å². The summed E-state index contributed by atoms with van der Waals surface area (Å²) in [6.07, 6.45) is 0. The second-order valence-electron chi connectivity index (χ2n) is 4.87. The van der Waals surface area contributed by atoms with Gasteiger partial charge >= 0.3 is 0 Å². The highest BCUT2D eigenvalue weighted by molar-refractivity contribution is 7.26. The number of rotatable bonds is 1. The molecule has 92 valence electrons. The summed E-state index contributed by atoms with van der Waals surface area (Å²) in [5.74, 6) is 0. The molecular weight excluding hydrogens is 259 g/mol. The van der Waals surface area contributed by atoms with E-state index in [4.69, 9.17) is 7.85 Å².